The lowest BCUT2D eigenvalue weighted by Gasteiger charge is -2.18. The molecule has 0 aliphatic carbocycles. The molecule has 20 heavy (non-hydrogen) atoms. The Morgan fingerprint density at radius 1 is 1.00 bits per heavy atom. The molecule has 0 saturated heterocycles. The minimum absolute atomic E-state index is 0.278. The highest BCUT2D eigenvalue weighted by Gasteiger charge is 2.34. The molecule has 0 amide bonds. The van der Waals surface area contributed by atoms with E-state index in [2.05, 4.69) is 4.99 Å². The SMILES string of the molecule is CC1=N[C@@H]1C(=O)OC(c1ccccc1)c1ccccc1. The van der Waals surface area contributed by atoms with Gasteiger partial charge >= 0.3 is 5.97 Å². The van der Waals surface area contributed by atoms with Crippen molar-refractivity contribution in [3.8, 4) is 0 Å². The molecule has 1 aliphatic heterocycles. The predicted molar refractivity (Wildman–Crippen MR) is 77.7 cm³/mol. The molecule has 0 saturated carbocycles. The van der Waals surface area contributed by atoms with Crippen LogP contribution in [-0.2, 0) is 9.53 Å². The van der Waals surface area contributed by atoms with Gasteiger partial charge in [-0.3, -0.25) is 4.99 Å². The summed E-state index contributed by atoms with van der Waals surface area (Å²) in [5.74, 6) is -0.278. The van der Waals surface area contributed by atoms with E-state index in [1.54, 1.807) is 0 Å². The molecule has 0 unspecified atom stereocenters. The molecule has 0 aromatic heterocycles. The summed E-state index contributed by atoms with van der Waals surface area (Å²) >= 11 is 0. The lowest BCUT2D eigenvalue weighted by atomic mass is 10.0. The van der Waals surface area contributed by atoms with Gasteiger partial charge in [0, 0.05) is 5.71 Å². The van der Waals surface area contributed by atoms with Crippen molar-refractivity contribution in [1.29, 1.82) is 0 Å². The van der Waals surface area contributed by atoms with Crippen molar-refractivity contribution in [2.24, 2.45) is 4.99 Å². The van der Waals surface area contributed by atoms with Gasteiger partial charge in [0.1, 0.15) is 0 Å². The van der Waals surface area contributed by atoms with Crippen LogP contribution in [0.15, 0.2) is 65.7 Å². The van der Waals surface area contributed by atoms with Crippen LogP contribution in [0.25, 0.3) is 0 Å². The maximum atomic E-state index is 12.0. The van der Waals surface area contributed by atoms with Crippen LogP contribution < -0.4 is 0 Å². The highest BCUT2D eigenvalue weighted by Crippen LogP contribution is 2.28. The van der Waals surface area contributed by atoms with Crippen molar-refractivity contribution in [1.82, 2.24) is 0 Å². The van der Waals surface area contributed by atoms with Crippen LogP contribution in [0.2, 0.25) is 0 Å². The first-order chi connectivity index (χ1) is 9.75. The van der Waals surface area contributed by atoms with Gasteiger partial charge in [0.25, 0.3) is 0 Å². The minimum Gasteiger partial charge on any atom is -0.451 e. The van der Waals surface area contributed by atoms with Gasteiger partial charge in [-0.1, -0.05) is 60.7 Å². The van der Waals surface area contributed by atoms with Crippen molar-refractivity contribution in [2.75, 3.05) is 0 Å². The first-order valence-electron chi connectivity index (χ1n) is 6.60. The second-order valence-corrected chi connectivity index (χ2v) is 4.81. The van der Waals surface area contributed by atoms with Gasteiger partial charge < -0.3 is 4.74 Å². The van der Waals surface area contributed by atoms with Crippen LogP contribution in [0.4, 0.5) is 0 Å². The molecule has 3 heteroatoms. The zero-order chi connectivity index (χ0) is 13.9. The summed E-state index contributed by atoms with van der Waals surface area (Å²) in [5, 5.41) is 0. The lowest BCUT2D eigenvalue weighted by molar-refractivity contribution is -0.146. The van der Waals surface area contributed by atoms with Crippen LogP contribution in [0.3, 0.4) is 0 Å². The number of esters is 1. The van der Waals surface area contributed by atoms with Crippen molar-refractivity contribution < 1.29 is 9.53 Å². The zero-order valence-electron chi connectivity index (χ0n) is 11.2. The van der Waals surface area contributed by atoms with Crippen LogP contribution in [0.5, 0.6) is 0 Å². The normalized spacial score (nSPS) is 16.7. The van der Waals surface area contributed by atoms with Gasteiger partial charge in [-0.15, -0.1) is 0 Å². The molecule has 1 atom stereocenters. The van der Waals surface area contributed by atoms with Gasteiger partial charge in [0.2, 0.25) is 0 Å². The Kier molecular flexibility index (Phi) is 3.33. The average Bonchev–Trinajstić information content (AvgIpc) is 3.23. The van der Waals surface area contributed by atoms with Gasteiger partial charge in [0.05, 0.1) is 0 Å². The average molecular weight is 265 g/mol. The highest BCUT2D eigenvalue weighted by molar-refractivity contribution is 6.14. The molecule has 3 nitrogen and oxygen atoms in total. The maximum absolute atomic E-state index is 12.0. The second kappa shape index (κ2) is 5.29. The number of carbonyl (C=O) groups excluding carboxylic acids is 1. The van der Waals surface area contributed by atoms with E-state index in [0.717, 1.165) is 16.8 Å². The Morgan fingerprint density at radius 3 is 1.85 bits per heavy atom. The van der Waals surface area contributed by atoms with E-state index in [1.807, 2.05) is 67.6 Å². The van der Waals surface area contributed by atoms with E-state index < -0.39 is 0 Å². The summed E-state index contributed by atoms with van der Waals surface area (Å²) in [4.78, 5) is 16.1. The van der Waals surface area contributed by atoms with Gasteiger partial charge in [-0.25, -0.2) is 4.79 Å². The summed E-state index contributed by atoms with van der Waals surface area (Å²) in [5.41, 5.74) is 2.77. The number of ether oxygens (including phenoxy) is 1. The number of rotatable bonds is 4. The molecule has 2 aromatic rings. The third kappa shape index (κ3) is 2.62. The Hall–Kier alpha value is -2.42. The molecule has 0 N–H and O–H groups in total. The molecule has 0 fully saturated rings. The van der Waals surface area contributed by atoms with Crippen molar-refractivity contribution >= 4 is 11.7 Å². The van der Waals surface area contributed by atoms with E-state index in [1.165, 1.54) is 0 Å². The molecule has 2 aromatic carbocycles. The maximum Gasteiger partial charge on any atom is 0.337 e. The number of hydrogen-bond acceptors (Lipinski definition) is 3. The fraction of sp³-hybridized carbons (Fsp3) is 0.176. The number of hydrogen-bond donors (Lipinski definition) is 0. The lowest BCUT2D eigenvalue weighted by Crippen LogP contribution is -2.19. The number of carbonyl (C=O) groups is 1. The Bertz CT molecular complexity index is 595. The summed E-state index contributed by atoms with van der Waals surface area (Å²) in [7, 11) is 0. The van der Waals surface area contributed by atoms with Crippen molar-refractivity contribution in [2.45, 2.75) is 19.1 Å². The van der Waals surface area contributed by atoms with Crippen LogP contribution >= 0.6 is 0 Å². The highest BCUT2D eigenvalue weighted by atomic mass is 16.5. The topological polar surface area (TPSA) is 38.7 Å². The van der Waals surface area contributed by atoms with Crippen LogP contribution in [-0.4, -0.2) is 17.7 Å². The molecule has 100 valence electrons. The zero-order valence-corrected chi connectivity index (χ0v) is 11.2. The van der Waals surface area contributed by atoms with Gasteiger partial charge in [-0.05, 0) is 18.1 Å². The number of aliphatic imine (C=N–C) groups is 1. The smallest absolute Gasteiger partial charge is 0.337 e. The molecule has 1 heterocycles. The van der Waals surface area contributed by atoms with E-state index in [9.17, 15) is 4.79 Å². The standard InChI is InChI=1S/C17H15NO2/c1-12-15(18-12)17(19)20-16(13-8-4-2-5-9-13)14-10-6-3-7-11-14/h2-11,15-16H,1H3/t15-/m0/s1. The first kappa shape index (κ1) is 12.6. The first-order valence-corrected chi connectivity index (χ1v) is 6.60. The summed E-state index contributed by atoms with van der Waals surface area (Å²) in [6.45, 7) is 1.84. The fourth-order valence-corrected chi connectivity index (χ4v) is 2.15. The molecule has 3 rings (SSSR count). The third-order valence-electron chi connectivity index (χ3n) is 3.32. The summed E-state index contributed by atoms with van der Waals surface area (Å²) in [6, 6.07) is 19.1. The van der Waals surface area contributed by atoms with E-state index in [0.29, 0.717) is 0 Å². The monoisotopic (exact) mass is 265 g/mol. The molecular weight excluding hydrogens is 250 g/mol. The van der Waals surface area contributed by atoms with E-state index >= 15 is 0 Å². The van der Waals surface area contributed by atoms with Crippen LogP contribution in [0, 0.1) is 0 Å². The minimum atomic E-state index is -0.381. The molecule has 1 aliphatic rings. The van der Waals surface area contributed by atoms with Gasteiger partial charge in [-0.2, -0.15) is 0 Å². The third-order valence-corrected chi connectivity index (χ3v) is 3.32. The van der Waals surface area contributed by atoms with Crippen LogP contribution in [0.1, 0.15) is 24.2 Å². The predicted octanol–water partition coefficient (Wildman–Crippen LogP) is 3.16. The molecule has 0 bridgehead atoms. The Morgan fingerprint density at radius 2 is 1.45 bits per heavy atom. The number of nitrogens with zero attached hydrogens (tertiary/aromatic N) is 1. The van der Waals surface area contributed by atoms with Crippen molar-refractivity contribution in [3.05, 3.63) is 71.8 Å². The second-order valence-electron chi connectivity index (χ2n) is 4.81. The largest absolute Gasteiger partial charge is 0.451 e. The Labute approximate surface area is 117 Å². The Balaban J connectivity index is 1.86. The number of benzene rings is 2. The van der Waals surface area contributed by atoms with Gasteiger partial charge in [0.15, 0.2) is 12.1 Å². The molecule has 0 spiro atoms. The summed E-state index contributed by atoms with van der Waals surface area (Å²) < 4.78 is 5.66. The summed E-state index contributed by atoms with van der Waals surface area (Å²) in [6.07, 6.45) is -0.381. The van der Waals surface area contributed by atoms with Crippen molar-refractivity contribution in [3.63, 3.8) is 0 Å². The quantitative estimate of drug-likeness (QED) is 0.796. The molecular formula is C17H15NO2. The molecule has 0 radical (unpaired) electrons. The van der Waals surface area contributed by atoms with E-state index in [4.69, 9.17) is 4.74 Å². The fourth-order valence-electron chi connectivity index (χ4n) is 2.15. The van der Waals surface area contributed by atoms with E-state index in [-0.39, 0.29) is 18.1 Å².